The minimum absolute atomic E-state index is 0.126. The largest absolute Gasteiger partial charge is 0.475 e. The Morgan fingerprint density at radius 1 is 1.50 bits per heavy atom. The van der Waals surface area contributed by atoms with Gasteiger partial charge in [-0.05, 0) is 19.9 Å². The van der Waals surface area contributed by atoms with E-state index in [2.05, 4.69) is 5.10 Å². The summed E-state index contributed by atoms with van der Waals surface area (Å²) in [7, 11) is 0. The monoisotopic (exact) mass is 240 g/mol. The van der Waals surface area contributed by atoms with Crippen LogP contribution in [0.3, 0.4) is 0 Å². The Balaban J connectivity index is 2.50. The number of rotatable bonds is 2. The molecule has 0 saturated carbocycles. The normalized spacial score (nSPS) is 10.7. The van der Waals surface area contributed by atoms with E-state index in [1.54, 1.807) is 19.9 Å². The molecule has 5 nitrogen and oxygen atoms in total. The second kappa shape index (κ2) is 3.68. The second-order valence-corrected chi connectivity index (χ2v) is 3.72. The zero-order valence-corrected chi connectivity index (χ0v) is 9.45. The summed E-state index contributed by atoms with van der Waals surface area (Å²) in [5, 5.41) is 13.4. The van der Waals surface area contributed by atoms with Gasteiger partial charge < -0.3 is 9.52 Å². The molecular weight excluding hydrogens is 232 g/mol. The lowest BCUT2D eigenvalue weighted by atomic mass is 10.4. The lowest BCUT2D eigenvalue weighted by molar-refractivity contribution is 0.0662. The fraction of sp³-hybridized carbons (Fsp3) is 0.200. The predicted octanol–water partition coefficient (Wildman–Crippen LogP) is 2.43. The number of carboxylic acids is 1. The summed E-state index contributed by atoms with van der Waals surface area (Å²) < 4.78 is 6.60. The molecule has 2 heterocycles. The van der Waals surface area contributed by atoms with Gasteiger partial charge in [-0.25, -0.2) is 9.48 Å². The maximum atomic E-state index is 10.7. The Morgan fingerprint density at radius 2 is 2.19 bits per heavy atom. The highest BCUT2D eigenvalue weighted by atomic mass is 35.5. The number of nitrogens with zero attached hydrogens (tertiary/aromatic N) is 2. The second-order valence-electron chi connectivity index (χ2n) is 3.34. The van der Waals surface area contributed by atoms with Gasteiger partial charge in [0.1, 0.15) is 0 Å². The minimum Gasteiger partial charge on any atom is -0.475 e. The molecule has 0 fully saturated rings. The van der Waals surface area contributed by atoms with Crippen LogP contribution < -0.4 is 0 Å². The fourth-order valence-electron chi connectivity index (χ4n) is 1.39. The third-order valence-electron chi connectivity index (χ3n) is 2.21. The highest BCUT2D eigenvalue weighted by Gasteiger charge is 2.15. The zero-order chi connectivity index (χ0) is 11.9. The third-order valence-corrected chi connectivity index (χ3v) is 2.76. The van der Waals surface area contributed by atoms with Crippen LogP contribution in [0.25, 0.3) is 5.88 Å². The zero-order valence-electron chi connectivity index (χ0n) is 8.69. The van der Waals surface area contributed by atoms with Crippen LogP contribution in [-0.2, 0) is 0 Å². The summed E-state index contributed by atoms with van der Waals surface area (Å²) in [6.45, 7) is 3.55. The van der Waals surface area contributed by atoms with Crippen LogP contribution in [0, 0.1) is 13.8 Å². The first-order valence-electron chi connectivity index (χ1n) is 4.56. The molecule has 0 spiro atoms. The molecule has 2 rings (SSSR count). The van der Waals surface area contributed by atoms with Crippen LogP contribution in [-0.4, -0.2) is 20.9 Å². The Morgan fingerprint density at radius 3 is 2.62 bits per heavy atom. The molecule has 0 radical (unpaired) electrons. The number of hydrogen-bond acceptors (Lipinski definition) is 3. The first-order chi connectivity index (χ1) is 7.50. The van der Waals surface area contributed by atoms with Gasteiger partial charge in [-0.3, -0.25) is 0 Å². The maximum Gasteiger partial charge on any atom is 0.371 e. The number of aromatic nitrogens is 2. The standard InChI is InChI=1S/C10H9ClN2O3/c1-5-9(11)6(2)13(12-5)8-4-3-7(16-8)10(14)15/h3-4H,1-2H3,(H,14,15). The molecule has 84 valence electrons. The van der Waals surface area contributed by atoms with Crippen molar-refractivity contribution >= 4 is 17.6 Å². The lowest BCUT2D eigenvalue weighted by Crippen LogP contribution is -1.98. The maximum absolute atomic E-state index is 10.7. The van der Waals surface area contributed by atoms with Crippen molar-refractivity contribution in [3.8, 4) is 5.88 Å². The van der Waals surface area contributed by atoms with Crippen LogP contribution in [0.5, 0.6) is 0 Å². The fourth-order valence-corrected chi connectivity index (χ4v) is 1.51. The van der Waals surface area contributed by atoms with Gasteiger partial charge in [-0.1, -0.05) is 11.6 Å². The number of hydrogen-bond donors (Lipinski definition) is 1. The Kier molecular flexibility index (Phi) is 2.47. The van der Waals surface area contributed by atoms with E-state index in [9.17, 15) is 4.79 Å². The third kappa shape index (κ3) is 1.59. The van der Waals surface area contributed by atoms with E-state index in [4.69, 9.17) is 21.1 Å². The van der Waals surface area contributed by atoms with Crippen LogP contribution >= 0.6 is 11.6 Å². The van der Waals surface area contributed by atoms with Gasteiger partial charge in [0.25, 0.3) is 0 Å². The SMILES string of the molecule is Cc1nn(-c2ccc(C(=O)O)o2)c(C)c1Cl. The average molecular weight is 241 g/mol. The van der Waals surface area contributed by atoms with Gasteiger partial charge in [0, 0.05) is 6.07 Å². The van der Waals surface area contributed by atoms with Crippen molar-refractivity contribution in [2.45, 2.75) is 13.8 Å². The first kappa shape index (κ1) is 10.8. The number of halogens is 1. The topological polar surface area (TPSA) is 68.3 Å². The van der Waals surface area contributed by atoms with Gasteiger partial charge in [0.05, 0.1) is 16.4 Å². The molecule has 2 aromatic rings. The Labute approximate surface area is 96.2 Å². The molecule has 0 aliphatic carbocycles. The van der Waals surface area contributed by atoms with Crippen molar-refractivity contribution in [3.05, 3.63) is 34.3 Å². The number of aromatic carboxylic acids is 1. The molecule has 0 bridgehead atoms. The van der Waals surface area contributed by atoms with E-state index in [-0.39, 0.29) is 5.76 Å². The first-order valence-corrected chi connectivity index (χ1v) is 4.93. The van der Waals surface area contributed by atoms with E-state index < -0.39 is 5.97 Å². The van der Waals surface area contributed by atoms with Crippen molar-refractivity contribution in [1.29, 1.82) is 0 Å². The number of carboxylic acid groups (broad SMARTS) is 1. The number of furan rings is 1. The highest BCUT2D eigenvalue weighted by Crippen LogP contribution is 2.23. The smallest absolute Gasteiger partial charge is 0.371 e. The van der Waals surface area contributed by atoms with Crippen LogP contribution in [0.4, 0.5) is 0 Å². The predicted molar refractivity (Wildman–Crippen MR) is 57.3 cm³/mol. The average Bonchev–Trinajstić information content (AvgIpc) is 2.79. The molecular formula is C10H9ClN2O3. The van der Waals surface area contributed by atoms with E-state index in [0.717, 1.165) is 0 Å². The molecule has 2 aromatic heterocycles. The van der Waals surface area contributed by atoms with E-state index in [1.807, 2.05) is 0 Å². The van der Waals surface area contributed by atoms with Crippen LogP contribution in [0.1, 0.15) is 21.9 Å². The van der Waals surface area contributed by atoms with Gasteiger partial charge >= 0.3 is 5.97 Å². The molecule has 1 N–H and O–H groups in total. The summed E-state index contributed by atoms with van der Waals surface area (Å²) in [6.07, 6.45) is 0. The van der Waals surface area contributed by atoms with Crippen molar-refractivity contribution in [2.75, 3.05) is 0 Å². The summed E-state index contributed by atoms with van der Waals surface area (Å²) in [4.78, 5) is 10.7. The Bertz CT molecular complexity index is 556. The molecule has 0 atom stereocenters. The quantitative estimate of drug-likeness (QED) is 0.875. The number of aryl methyl sites for hydroxylation is 1. The molecule has 0 unspecified atom stereocenters. The van der Waals surface area contributed by atoms with Gasteiger partial charge in [-0.15, -0.1) is 0 Å². The lowest BCUT2D eigenvalue weighted by Gasteiger charge is -1.98. The van der Waals surface area contributed by atoms with Gasteiger partial charge in [0.15, 0.2) is 0 Å². The molecule has 0 amide bonds. The van der Waals surface area contributed by atoms with Gasteiger partial charge in [-0.2, -0.15) is 5.10 Å². The van der Waals surface area contributed by atoms with E-state index in [0.29, 0.717) is 22.3 Å². The van der Waals surface area contributed by atoms with Gasteiger partial charge in [0.2, 0.25) is 11.6 Å². The molecule has 6 heteroatoms. The summed E-state index contributed by atoms with van der Waals surface area (Å²) in [5.74, 6) is -0.901. The van der Waals surface area contributed by atoms with E-state index >= 15 is 0 Å². The molecule has 16 heavy (non-hydrogen) atoms. The number of carbonyl (C=O) groups is 1. The van der Waals surface area contributed by atoms with Crippen molar-refractivity contribution < 1.29 is 14.3 Å². The van der Waals surface area contributed by atoms with Crippen LogP contribution in [0.15, 0.2) is 16.5 Å². The minimum atomic E-state index is -1.11. The Hall–Kier alpha value is -1.75. The molecule has 0 saturated heterocycles. The molecule has 0 aliphatic heterocycles. The molecule has 0 aromatic carbocycles. The van der Waals surface area contributed by atoms with Crippen molar-refractivity contribution in [1.82, 2.24) is 9.78 Å². The van der Waals surface area contributed by atoms with Crippen molar-refractivity contribution in [2.24, 2.45) is 0 Å². The van der Waals surface area contributed by atoms with E-state index in [1.165, 1.54) is 10.7 Å². The summed E-state index contributed by atoms with van der Waals surface area (Å²) >= 11 is 5.98. The molecule has 0 aliphatic rings. The summed E-state index contributed by atoms with van der Waals surface area (Å²) in [5.41, 5.74) is 1.39. The van der Waals surface area contributed by atoms with Crippen LogP contribution in [0.2, 0.25) is 5.02 Å². The highest BCUT2D eigenvalue weighted by molar-refractivity contribution is 6.31. The van der Waals surface area contributed by atoms with Crippen molar-refractivity contribution in [3.63, 3.8) is 0 Å². The summed E-state index contributed by atoms with van der Waals surface area (Å²) in [6, 6.07) is 2.92.